The van der Waals surface area contributed by atoms with Crippen LogP contribution in [-0.2, 0) is 13.0 Å². The van der Waals surface area contributed by atoms with Gasteiger partial charge in [-0.3, -0.25) is 4.79 Å². The van der Waals surface area contributed by atoms with Crippen LogP contribution in [0.3, 0.4) is 0 Å². The molecule has 0 atom stereocenters. The number of amides is 1. The molecular formula is C23H20N4O. The molecule has 138 valence electrons. The van der Waals surface area contributed by atoms with Crippen LogP contribution in [0.2, 0.25) is 0 Å². The predicted octanol–water partition coefficient (Wildman–Crippen LogP) is 4.07. The van der Waals surface area contributed by atoms with E-state index < -0.39 is 0 Å². The number of aryl methyl sites for hydroxylation is 1. The Bertz CT molecular complexity index is 1150. The van der Waals surface area contributed by atoms with Crippen molar-refractivity contribution < 1.29 is 4.79 Å². The van der Waals surface area contributed by atoms with Crippen molar-refractivity contribution in [2.45, 2.75) is 19.4 Å². The van der Waals surface area contributed by atoms with Gasteiger partial charge in [0.15, 0.2) is 0 Å². The van der Waals surface area contributed by atoms with Crippen molar-refractivity contribution in [3.05, 3.63) is 89.5 Å². The molecule has 0 unspecified atom stereocenters. The fraction of sp³-hybridized carbons (Fsp3) is 0.174. The molecule has 1 aliphatic heterocycles. The molecule has 5 heteroatoms. The average Bonchev–Trinajstić information content (AvgIpc) is 3.16. The van der Waals surface area contributed by atoms with E-state index in [2.05, 4.69) is 16.4 Å². The molecule has 0 bridgehead atoms. The SMILES string of the molecule is O=C(c1ccc(Cn2nnc3ccccc32)cc1)N1CCCc2ccccc21. The molecule has 0 radical (unpaired) electrons. The number of para-hydroxylation sites is 2. The first-order valence-corrected chi connectivity index (χ1v) is 9.56. The van der Waals surface area contributed by atoms with Crippen molar-refractivity contribution in [3.63, 3.8) is 0 Å². The largest absolute Gasteiger partial charge is 0.308 e. The molecule has 1 aromatic heterocycles. The first-order chi connectivity index (χ1) is 13.8. The Morgan fingerprint density at radius 2 is 1.71 bits per heavy atom. The number of anilines is 1. The zero-order chi connectivity index (χ0) is 18.9. The predicted molar refractivity (Wildman–Crippen MR) is 110 cm³/mol. The Kier molecular flexibility index (Phi) is 4.13. The Balaban J connectivity index is 1.37. The van der Waals surface area contributed by atoms with E-state index >= 15 is 0 Å². The molecule has 1 aliphatic rings. The fourth-order valence-electron chi connectivity index (χ4n) is 3.86. The number of carbonyl (C=O) groups excluding carboxylic acids is 1. The fourth-order valence-corrected chi connectivity index (χ4v) is 3.86. The van der Waals surface area contributed by atoms with E-state index in [1.807, 2.05) is 76.3 Å². The molecule has 0 fully saturated rings. The second kappa shape index (κ2) is 6.93. The van der Waals surface area contributed by atoms with Gasteiger partial charge in [0.25, 0.3) is 5.91 Å². The van der Waals surface area contributed by atoms with Crippen LogP contribution >= 0.6 is 0 Å². The van der Waals surface area contributed by atoms with E-state index in [0.717, 1.165) is 41.7 Å². The molecule has 5 nitrogen and oxygen atoms in total. The van der Waals surface area contributed by atoms with Crippen LogP contribution in [0.1, 0.15) is 27.9 Å². The second-order valence-corrected chi connectivity index (χ2v) is 7.12. The van der Waals surface area contributed by atoms with Gasteiger partial charge >= 0.3 is 0 Å². The lowest BCUT2D eigenvalue weighted by Gasteiger charge is -2.29. The molecule has 28 heavy (non-hydrogen) atoms. The third-order valence-corrected chi connectivity index (χ3v) is 5.31. The first kappa shape index (κ1) is 16.7. The van der Waals surface area contributed by atoms with Crippen LogP contribution in [0.4, 0.5) is 5.69 Å². The Labute approximate surface area is 163 Å². The summed E-state index contributed by atoms with van der Waals surface area (Å²) in [7, 11) is 0. The maximum atomic E-state index is 13.1. The first-order valence-electron chi connectivity index (χ1n) is 9.56. The normalized spacial score (nSPS) is 13.5. The van der Waals surface area contributed by atoms with E-state index in [0.29, 0.717) is 12.1 Å². The number of aromatic nitrogens is 3. The summed E-state index contributed by atoms with van der Waals surface area (Å²) in [6.07, 6.45) is 2.03. The van der Waals surface area contributed by atoms with Gasteiger partial charge in [0, 0.05) is 17.8 Å². The van der Waals surface area contributed by atoms with Gasteiger partial charge in [0.05, 0.1) is 12.1 Å². The molecule has 5 rings (SSSR count). The van der Waals surface area contributed by atoms with Crippen molar-refractivity contribution in [2.75, 3.05) is 11.4 Å². The summed E-state index contributed by atoms with van der Waals surface area (Å²) in [6, 6.07) is 23.9. The highest BCUT2D eigenvalue weighted by Gasteiger charge is 2.23. The summed E-state index contributed by atoms with van der Waals surface area (Å²) in [6.45, 7) is 1.39. The van der Waals surface area contributed by atoms with Gasteiger partial charge in [-0.25, -0.2) is 4.68 Å². The molecule has 3 aromatic carbocycles. The number of hydrogen-bond acceptors (Lipinski definition) is 3. The minimum atomic E-state index is 0.0601. The monoisotopic (exact) mass is 368 g/mol. The standard InChI is InChI=1S/C23H20N4O/c28-23(26-15-5-7-18-6-1-3-9-21(18)26)19-13-11-17(12-14-19)16-27-22-10-4-2-8-20(22)24-25-27/h1-4,6,8-14H,5,7,15-16H2. The number of fused-ring (bicyclic) bond motifs is 2. The molecule has 0 aliphatic carbocycles. The smallest absolute Gasteiger partial charge is 0.258 e. The summed E-state index contributed by atoms with van der Waals surface area (Å²) in [5.74, 6) is 0.0601. The van der Waals surface area contributed by atoms with E-state index in [1.165, 1.54) is 5.56 Å². The molecule has 0 saturated heterocycles. The summed E-state index contributed by atoms with van der Waals surface area (Å²) in [5.41, 5.74) is 5.98. The van der Waals surface area contributed by atoms with Gasteiger partial charge in [-0.05, 0) is 54.3 Å². The topological polar surface area (TPSA) is 51.0 Å². The van der Waals surface area contributed by atoms with Crippen LogP contribution in [0, 0.1) is 0 Å². The average molecular weight is 368 g/mol. The van der Waals surface area contributed by atoms with Crippen LogP contribution < -0.4 is 4.90 Å². The molecule has 4 aromatic rings. The lowest BCUT2D eigenvalue weighted by atomic mass is 10.0. The molecule has 0 saturated carbocycles. The van der Waals surface area contributed by atoms with Crippen LogP contribution in [0.25, 0.3) is 11.0 Å². The molecule has 2 heterocycles. The minimum Gasteiger partial charge on any atom is -0.308 e. The van der Waals surface area contributed by atoms with Crippen molar-refractivity contribution in [2.24, 2.45) is 0 Å². The van der Waals surface area contributed by atoms with Crippen molar-refractivity contribution in [1.29, 1.82) is 0 Å². The van der Waals surface area contributed by atoms with Crippen LogP contribution in [0.15, 0.2) is 72.8 Å². The molecule has 1 amide bonds. The minimum absolute atomic E-state index is 0.0601. The van der Waals surface area contributed by atoms with E-state index in [-0.39, 0.29) is 5.91 Å². The summed E-state index contributed by atoms with van der Waals surface area (Å²) < 4.78 is 1.88. The second-order valence-electron chi connectivity index (χ2n) is 7.12. The Morgan fingerprint density at radius 1 is 0.929 bits per heavy atom. The number of nitrogens with zero attached hydrogens (tertiary/aromatic N) is 4. The lowest BCUT2D eigenvalue weighted by Crippen LogP contribution is -2.35. The zero-order valence-electron chi connectivity index (χ0n) is 15.5. The van der Waals surface area contributed by atoms with Crippen molar-refractivity contribution in [3.8, 4) is 0 Å². The summed E-state index contributed by atoms with van der Waals surface area (Å²) in [5, 5.41) is 8.43. The van der Waals surface area contributed by atoms with Gasteiger partial charge < -0.3 is 4.90 Å². The van der Waals surface area contributed by atoms with E-state index in [4.69, 9.17) is 0 Å². The van der Waals surface area contributed by atoms with Crippen LogP contribution in [-0.4, -0.2) is 27.4 Å². The lowest BCUT2D eigenvalue weighted by molar-refractivity contribution is 0.0985. The maximum Gasteiger partial charge on any atom is 0.258 e. The van der Waals surface area contributed by atoms with Gasteiger partial charge in [0.1, 0.15) is 5.52 Å². The Hall–Kier alpha value is -3.47. The van der Waals surface area contributed by atoms with E-state index in [9.17, 15) is 4.79 Å². The van der Waals surface area contributed by atoms with Crippen molar-refractivity contribution in [1.82, 2.24) is 15.0 Å². The number of carbonyl (C=O) groups is 1. The maximum absolute atomic E-state index is 13.1. The van der Waals surface area contributed by atoms with Crippen molar-refractivity contribution >= 4 is 22.6 Å². The quantitative estimate of drug-likeness (QED) is 0.548. The highest BCUT2D eigenvalue weighted by Crippen LogP contribution is 2.28. The third kappa shape index (κ3) is 2.95. The van der Waals surface area contributed by atoms with Gasteiger partial charge in [-0.1, -0.05) is 47.7 Å². The van der Waals surface area contributed by atoms with Crippen LogP contribution in [0.5, 0.6) is 0 Å². The molecule has 0 N–H and O–H groups in total. The summed E-state index contributed by atoms with van der Waals surface area (Å²) in [4.78, 5) is 15.0. The summed E-state index contributed by atoms with van der Waals surface area (Å²) >= 11 is 0. The molecular weight excluding hydrogens is 348 g/mol. The number of benzene rings is 3. The third-order valence-electron chi connectivity index (χ3n) is 5.31. The highest BCUT2D eigenvalue weighted by atomic mass is 16.2. The highest BCUT2D eigenvalue weighted by molar-refractivity contribution is 6.06. The van der Waals surface area contributed by atoms with Gasteiger partial charge in [-0.2, -0.15) is 0 Å². The number of rotatable bonds is 3. The van der Waals surface area contributed by atoms with Gasteiger partial charge in [0.2, 0.25) is 0 Å². The molecule has 0 spiro atoms. The van der Waals surface area contributed by atoms with E-state index in [1.54, 1.807) is 0 Å². The zero-order valence-corrected chi connectivity index (χ0v) is 15.5. The van der Waals surface area contributed by atoms with Gasteiger partial charge in [-0.15, -0.1) is 5.10 Å². The Morgan fingerprint density at radius 3 is 2.61 bits per heavy atom. The number of hydrogen-bond donors (Lipinski definition) is 0.